The van der Waals surface area contributed by atoms with Crippen LogP contribution in [0.15, 0.2) is 132 Å². The number of aryl methyl sites for hydroxylation is 1. The summed E-state index contributed by atoms with van der Waals surface area (Å²) in [6.45, 7) is 6.61. The summed E-state index contributed by atoms with van der Waals surface area (Å²) >= 11 is 0. The molecule has 0 radical (unpaired) electrons. The minimum absolute atomic E-state index is 0.0281. The van der Waals surface area contributed by atoms with Gasteiger partial charge in [0.2, 0.25) is 11.7 Å². The van der Waals surface area contributed by atoms with Crippen LogP contribution in [0, 0.1) is 23.7 Å². The number of fused-ring (bicyclic) bond motifs is 2. The largest absolute Gasteiger partial charge is 0.348 e. The second kappa shape index (κ2) is 18.3. The topological polar surface area (TPSA) is 138 Å². The molecule has 61 heavy (non-hydrogen) atoms. The Hall–Kier alpha value is -4.69. The summed E-state index contributed by atoms with van der Waals surface area (Å²) in [6, 6.07) is 32.9. The van der Waals surface area contributed by atoms with Gasteiger partial charge in [-0.05, 0) is 91.8 Å². The van der Waals surface area contributed by atoms with E-state index in [1.54, 1.807) is 30.3 Å². The summed E-state index contributed by atoms with van der Waals surface area (Å²) in [5.74, 6) is -0.812. The van der Waals surface area contributed by atoms with Crippen molar-refractivity contribution in [2.24, 2.45) is 23.7 Å². The minimum atomic E-state index is -3.76. The molecular formula is C49H56N2O9S. The molecule has 2 amide bonds. The third-order valence-electron chi connectivity index (χ3n) is 13.1. The molecule has 0 aromatic heterocycles. The fourth-order valence-corrected chi connectivity index (χ4v) is 10.7. The number of nitrogens with one attached hydrogen (secondary N) is 2. The highest BCUT2D eigenvalue weighted by molar-refractivity contribution is 7.94. The van der Waals surface area contributed by atoms with Crippen LogP contribution in [0.2, 0.25) is 0 Å². The number of carbonyl (C=O) groups excluding carboxylic acids is 2. The van der Waals surface area contributed by atoms with Crippen LogP contribution in [0.3, 0.4) is 0 Å². The first kappa shape index (κ1) is 43.0. The zero-order valence-electron chi connectivity index (χ0n) is 35.0. The first-order valence-electron chi connectivity index (χ1n) is 21.5. The Balaban J connectivity index is 0.939. The Labute approximate surface area is 359 Å². The fraction of sp³-hybridized carbons (Fsp3) is 0.429. The van der Waals surface area contributed by atoms with E-state index >= 15 is 0 Å². The van der Waals surface area contributed by atoms with E-state index in [0.717, 1.165) is 47.8 Å². The summed E-state index contributed by atoms with van der Waals surface area (Å²) in [5.41, 5.74) is 2.48. The highest BCUT2D eigenvalue weighted by Crippen LogP contribution is 2.60. The van der Waals surface area contributed by atoms with Crippen molar-refractivity contribution in [3.05, 3.63) is 149 Å². The normalized spacial score (nSPS) is 29.2. The molecule has 2 bridgehead atoms. The number of amides is 2. The van der Waals surface area contributed by atoms with E-state index in [1.807, 2.05) is 79.7 Å². The molecule has 10 atom stereocenters. The van der Waals surface area contributed by atoms with E-state index in [2.05, 4.69) is 24.5 Å². The van der Waals surface area contributed by atoms with Gasteiger partial charge in [-0.1, -0.05) is 111 Å². The first-order valence-corrected chi connectivity index (χ1v) is 23.1. The van der Waals surface area contributed by atoms with Crippen molar-refractivity contribution in [2.75, 3.05) is 0 Å². The highest BCUT2D eigenvalue weighted by atomic mass is 32.2. The Bertz CT molecular complexity index is 2260. The van der Waals surface area contributed by atoms with Crippen molar-refractivity contribution in [1.82, 2.24) is 10.6 Å². The molecule has 11 nitrogen and oxygen atoms in total. The molecule has 5 fully saturated rings. The molecule has 4 aromatic carbocycles. The van der Waals surface area contributed by atoms with Gasteiger partial charge in [-0.3, -0.25) is 9.59 Å². The van der Waals surface area contributed by atoms with Crippen LogP contribution in [-0.2, 0) is 58.1 Å². The summed E-state index contributed by atoms with van der Waals surface area (Å²) in [7, 11) is -3.76. The zero-order valence-corrected chi connectivity index (χ0v) is 35.8. The summed E-state index contributed by atoms with van der Waals surface area (Å²) in [4.78, 5) is 40.3. The molecule has 1 saturated carbocycles. The van der Waals surface area contributed by atoms with Gasteiger partial charge in [0.15, 0.2) is 28.0 Å². The number of carbonyl (C=O) groups is 2. The lowest BCUT2D eigenvalue weighted by molar-refractivity contribution is -0.577. The number of hydrogen-bond donors (Lipinski definition) is 2. The van der Waals surface area contributed by atoms with Crippen molar-refractivity contribution in [3.63, 3.8) is 0 Å². The molecule has 5 aliphatic rings. The number of hydrogen-bond acceptors (Lipinski definition) is 9. The summed E-state index contributed by atoms with van der Waals surface area (Å²) in [6.07, 6.45) is 5.42. The average Bonchev–Trinajstić information content (AvgIpc) is 3.51. The van der Waals surface area contributed by atoms with Gasteiger partial charge in [-0.15, -0.1) is 0 Å². The second-order valence-electron chi connectivity index (χ2n) is 17.3. The molecule has 12 heteroatoms. The van der Waals surface area contributed by atoms with Crippen molar-refractivity contribution in [2.45, 2.75) is 113 Å². The lowest BCUT2D eigenvalue weighted by Crippen LogP contribution is -2.70. The van der Waals surface area contributed by atoms with Crippen LogP contribution in [-0.4, -0.2) is 56.3 Å². The lowest BCUT2D eigenvalue weighted by atomic mass is 9.58. The predicted octanol–water partition coefficient (Wildman–Crippen LogP) is 7.86. The first-order chi connectivity index (χ1) is 29.4. The molecule has 4 aromatic rings. The van der Waals surface area contributed by atoms with E-state index in [1.165, 1.54) is 18.2 Å². The summed E-state index contributed by atoms with van der Waals surface area (Å²) < 4.78 is 45.9. The van der Waals surface area contributed by atoms with E-state index in [0.29, 0.717) is 24.3 Å². The number of sulfone groups is 1. The molecular weight excluding hydrogens is 793 g/mol. The Morgan fingerprint density at radius 3 is 2.18 bits per heavy atom. The Kier molecular flexibility index (Phi) is 12.9. The molecule has 1 spiro atoms. The van der Waals surface area contributed by atoms with Gasteiger partial charge in [0.1, 0.15) is 6.04 Å². The Morgan fingerprint density at radius 2 is 1.48 bits per heavy atom. The highest BCUT2D eigenvalue weighted by Gasteiger charge is 2.69. The SMILES string of the molecule is C[C@H]1[C@@H](OCc2ccc(C(=O)N[C@@H](Cc3ccccc3)C(=O)N[C@H](/C=C/S(=O)(=O)c3ccccc3)CCc3ccccc3)cc2)O[C@@H]2O[C@@]3(C)CC[C@H]4[C@H](C)CC[C@@H]1[C@@]24OO3. The molecule has 4 aliphatic heterocycles. The monoisotopic (exact) mass is 848 g/mol. The van der Waals surface area contributed by atoms with Crippen LogP contribution in [0.5, 0.6) is 0 Å². The van der Waals surface area contributed by atoms with Crippen molar-refractivity contribution < 1.29 is 42.0 Å². The number of benzene rings is 4. The fourth-order valence-electron chi connectivity index (χ4n) is 9.65. The third kappa shape index (κ3) is 9.55. The second-order valence-corrected chi connectivity index (χ2v) is 19.2. The maximum atomic E-state index is 14.1. The van der Waals surface area contributed by atoms with Gasteiger partial charge in [0.05, 0.1) is 11.5 Å². The summed E-state index contributed by atoms with van der Waals surface area (Å²) in [5, 5.41) is 7.15. The van der Waals surface area contributed by atoms with Crippen LogP contribution < -0.4 is 10.6 Å². The smallest absolute Gasteiger partial charge is 0.251 e. The molecule has 322 valence electrons. The lowest BCUT2D eigenvalue weighted by Gasteiger charge is -2.60. The number of ether oxygens (including phenoxy) is 3. The van der Waals surface area contributed by atoms with E-state index in [9.17, 15) is 18.0 Å². The molecule has 9 rings (SSSR count). The molecule has 1 aliphatic carbocycles. The minimum Gasteiger partial charge on any atom is -0.348 e. The van der Waals surface area contributed by atoms with Crippen molar-refractivity contribution >= 4 is 21.7 Å². The van der Waals surface area contributed by atoms with Crippen molar-refractivity contribution in [1.29, 1.82) is 0 Å². The maximum absolute atomic E-state index is 14.1. The van der Waals surface area contributed by atoms with Gasteiger partial charge in [0.25, 0.3) is 5.91 Å². The maximum Gasteiger partial charge on any atom is 0.251 e. The van der Waals surface area contributed by atoms with Crippen LogP contribution in [0.25, 0.3) is 0 Å². The average molecular weight is 849 g/mol. The third-order valence-corrected chi connectivity index (χ3v) is 14.6. The van der Waals surface area contributed by atoms with Crippen LogP contribution >= 0.6 is 0 Å². The molecule has 2 N–H and O–H groups in total. The van der Waals surface area contributed by atoms with Crippen LogP contribution in [0.4, 0.5) is 0 Å². The molecule has 0 unspecified atom stereocenters. The van der Waals surface area contributed by atoms with Gasteiger partial charge >= 0.3 is 0 Å². The van der Waals surface area contributed by atoms with E-state index < -0.39 is 57.7 Å². The van der Waals surface area contributed by atoms with E-state index in [-0.39, 0.29) is 35.7 Å². The molecule has 4 heterocycles. The van der Waals surface area contributed by atoms with Gasteiger partial charge < -0.3 is 24.8 Å². The van der Waals surface area contributed by atoms with Gasteiger partial charge in [-0.25, -0.2) is 18.2 Å². The van der Waals surface area contributed by atoms with Crippen LogP contribution in [0.1, 0.15) is 79.9 Å². The Morgan fingerprint density at radius 1 is 0.803 bits per heavy atom. The quantitative estimate of drug-likeness (QED) is 0.115. The van der Waals surface area contributed by atoms with Crippen molar-refractivity contribution in [3.8, 4) is 0 Å². The molecule has 4 saturated heterocycles. The standard InChI is InChI=1S/C49H56N2O9S/c1-33-19-26-42-34(2)46(57-47-49(42)41(33)27-29-48(3,58-47)59-60-49)56-32-37-20-23-38(24-21-37)44(52)51-43(31-36-15-9-5-10-16-36)45(53)50-39(25-22-35-13-7-4-8-14-35)28-30-61(54,55)40-17-11-6-12-18-40/h4-18,20-21,23-24,28,30,33-34,39,41-43,46-47H,19,22,25-27,29,31-32H2,1-3H3,(H,50,53)(H,51,52)/b30-28+/t33-,34-,39+,41+,42+,43+,46+,47-,48-,49-/m1/s1. The number of rotatable bonds is 15. The zero-order chi connectivity index (χ0) is 42.6. The van der Waals surface area contributed by atoms with Gasteiger partial charge in [0, 0.05) is 41.7 Å². The van der Waals surface area contributed by atoms with E-state index in [4.69, 9.17) is 24.0 Å². The predicted molar refractivity (Wildman–Crippen MR) is 229 cm³/mol. The van der Waals surface area contributed by atoms with Gasteiger partial charge in [-0.2, -0.15) is 0 Å².